The molecule has 0 bridgehead atoms. The molecule has 72 valence electrons. The molecule has 5 nitrogen and oxygen atoms in total. The molecule has 1 aliphatic heterocycles. The number of hydrogen-bond donors (Lipinski definition) is 5. The summed E-state index contributed by atoms with van der Waals surface area (Å²) in [7, 11) is 0. The van der Waals surface area contributed by atoms with Crippen LogP contribution in [0.3, 0.4) is 0 Å². The molecule has 0 spiro atoms. The number of hydrogen-bond acceptors (Lipinski definition) is 6. The summed E-state index contributed by atoms with van der Waals surface area (Å²) in [5, 5.41) is 35.3. The molecule has 12 heavy (non-hydrogen) atoms. The molecular weight excluding hydrogens is 184 g/mol. The van der Waals surface area contributed by atoms with Gasteiger partial charge in [-0.2, -0.15) is 12.6 Å². The third-order valence-corrected chi connectivity index (χ3v) is 2.51. The predicted molar refractivity (Wildman–Crippen MR) is 42.8 cm³/mol. The third kappa shape index (κ3) is 1.73. The lowest BCUT2D eigenvalue weighted by Crippen LogP contribution is -2.56. The Kier molecular flexibility index (Phi) is 3.33. The summed E-state index contributed by atoms with van der Waals surface area (Å²) in [6.07, 6.45) is -4.76. The smallest absolute Gasteiger partial charge is 0.183 e. The minimum atomic E-state index is -1.46. The van der Waals surface area contributed by atoms with Gasteiger partial charge in [0.2, 0.25) is 0 Å². The van der Waals surface area contributed by atoms with Crippen LogP contribution < -0.4 is 0 Å². The Labute approximate surface area is 75.0 Å². The van der Waals surface area contributed by atoms with Crippen molar-refractivity contribution in [3.63, 3.8) is 0 Å². The first-order valence-corrected chi connectivity index (χ1v) is 4.08. The topological polar surface area (TPSA) is 90.2 Å². The molecule has 1 heterocycles. The van der Waals surface area contributed by atoms with Crippen molar-refractivity contribution in [3.8, 4) is 0 Å². The Morgan fingerprint density at radius 3 is 2.25 bits per heavy atom. The van der Waals surface area contributed by atoms with E-state index in [9.17, 15) is 5.11 Å². The molecule has 0 saturated carbocycles. The third-order valence-electron chi connectivity index (χ3n) is 1.87. The van der Waals surface area contributed by atoms with Gasteiger partial charge < -0.3 is 25.2 Å². The minimum absolute atomic E-state index is 0.352. The van der Waals surface area contributed by atoms with Gasteiger partial charge in [0.15, 0.2) is 6.29 Å². The fraction of sp³-hybridized carbons (Fsp3) is 1.00. The molecule has 6 heteroatoms. The van der Waals surface area contributed by atoms with Crippen LogP contribution >= 0.6 is 12.6 Å². The van der Waals surface area contributed by atoms with Gasteiger partial charge in [0.05, 0.1) is 24.1 Å². The highest BCUT2D eigenvalue weighted by Crippen LogP contribution is 2.23. The monoisotopic (exact) mass is 196 g/mol. The average Bonchev–Trinajstić information content (AvgIpc) is 2.08. The van der Waals surface area contributed by atoms with Crippen LogP contribution in [0.15, 0.2) is 0 Å². The van der Waals surface area contributed by atoms with Crippen LogP contribution in [0.4, 0.5) is 0 Å². The van der Waals surface area contributed by atoms with E-state index in [0.29, 0.717) is 0 Å². The summed E-state index contributed by atoms with van der Waals surface area (Å²) in [4.78, 5) is 0. The van der Waals surface area contributed by atoms with Gasteiger partial charge in [-0.15, -0.1) is 0 Å². The highest BCUT2D eigenvalue weighted by molar-refractivity contribution is 7.81. The minimum Gasteiger partial charge on any atom is -0.394 e. The molecule has 0 unspecified atom stereocenters. The van der Waals surface area contributed by atoms with Crippen molar-refractivity contribution in [1.29, 1.82) is 0 Å². The second-order valence-electron chi connectivity index (χ2n) is 2.72. The Balaban J connectivity index is 2.63. The molecule has 0 aromatic rings. The fourth-order valence-electron chi connectivity index (χ4n) is 1.08. The first kappa shape index (κ1) is 10.2. The molecular formula is C6H12O5S. The Bertz CT molecular complexity index is 150. The van der Waals surface area contributed by atoms with E-state index in [-0.39, 0.29) is 6.61 Å². The van der Waals surface area contributed by atoms with E-state index in [1.54, 1.807) is 0 Å². The lowest BCUT2D eigenvalue weighted by Gasteiger charge is -2.37. The van der Waals surface area contributed by atoms with Crippen LogP contribution in [0.2, 0.25) is 0 Å². The van der Waals surface area contributed by atoms with Crippen LogP contribution in [0.5, 0.6) is 0 Å². The van der Waals surface area contributed by atoms with Crippen molar-refractivity contribution >= 4 is 12.6 Å². The van der Waals surface area contributed by atoms with E-state index in [4.69, 9.17) is 20.1 Å². The van der Waals surface area contributed by atoms with Crippen LogP contribution in [0.25, 0.3) is 0 Å². The van der Waals surface area contributed by atoms with E-state index < -0.39 is 29.9 Å². The van der Waals surface area contributed by atoms with Gasteiger partial charge in [-0.05, 0) is 0 Å². The summed E-state index contributed by atoms with van der Waals surface area (Å²) in [5.74, 6) is 0. The maximum atomic E-state index is 9.24. The van der Waals surface area contributed by atoms with Crippen LogP contribution in [-0.2, 0) is 4.74 Å². The van der Waals surface area contributed by atoms with E-state index in [1.165, 1.54) is 0 Å². The highest BCUT2D eigenvalue weighted by atomic mass is 32.1. The zero-order valence-electron chi connectivity index (χ0n) is 6.24. The summed E-state index contributed by atoms with van der Waals surface area (Å²) in [6, 6.07) is 0. The Morgan fingerprint density at radius 1 is 1.17 bits per heavy atom. The maximum Gasteiger partial charge on any atom is 0.183 e. The van der Waals surface area contributed by atoms with Crippen molar-refractivity contribution < 1.29 is 25.2 Å². The maximum absolute atomic E-state index is 9.24. The standard InChI is InChI=1S/C6H12O5S/c7-1-2-5(12)3(8)4(9)6(10)11-2/h2-10,12H,1H2/t2-,3-,4-,5+,6-/m1/s1. The second kappa shape index (κ2) is 3.91. The lowest BCUT2D eigenvalue weighted by atomic mass is 10.0. The lowest BCUT2D eigenvalue weighted by molar-refractivity contribution is -0.248. The van der Waals surface area contributed by atoms with Crippen molar-refractivity contribution in [2.75, 3.05) is 6.61 Å². The summed E-state index contributed by atoms with van der Waals surface area (Å²) < 4.78 is 4.75. The molecule has 1 fully saturated rings. The van der Waals surface area contributed by atoms with Crippen molar-refractivity contribution in [3.05, 3.63) is 0 Å². The molecule has 1 rings (SSSR count). The fourth-order valence-corrected chi connectivity index (χ4v) is 1.42. The van der Waals surface area contributed by atoms with Crippen LogP contribution in [-0.4, -0.2) is 56.9 Å². The zero-order valence-corrected chi connectivity index (χ0v) is 7.13. The van der Waals surface area contributed by atoms with Crippen molar-refractivity contribution in [2.24, 2.45) is 0 Å². The molecule has 0 radical (unpaired) electrons. The second-order valence-corrected chi connectivity index (χ2v) is 3.32. The predicted octanol–water partition coefficient (Wildman–Crippen LogP) is -2.28. The SMILES string of the molecule is OC[C@H]1O[C@@H](O)[C@H](O)[C@@H](O)[C@H]1S. The van der Waals surface area contributed by atoms with Gasteiger partial charge in [0.25, 0.3) is 0 Å². The number of thiol groups is 1. The first-order chi connectivity index (χ1) is 5.57. The molecule has 0 aliphatic carbocycles. The van der Waals surface area contributed by atoms with E-state index in [1.807, 2.05) is 0 Å². The van der Waals surface area contributed by atoms with Gasteiger partial charge in [0.1, 0.15) is 6.10 Å². The number of ether oxygens (including phenoxy) is 1. The molecule has 0 aromatic heterocycles. The normalized spacial score (nSPS) is 49.2. The van der Waals surface area contributed by atoms with Crippen molar-refractivity contribution in [2.45, 2.75) is 29.9 Å². The summed E-state index contributed by atoms with van der Waals surface area (Å²) in [6.45, 7) is -0.352. The molecule has 4 N–H and O–H groups in total. The van der Waals surface area contributed by atoms with E-state index in [2.05, 4.69) is 12.6 Å². The number of rotatable bonds is 1. The highest BCUT2D eigenvalue weighted by Gasteiger charge is 2.41. The molecule has 0 amide bonds. The summed E-state index contributed by atoms with van der Waals surface area (Å²) >= 11 is 3.93. The molecule has 0 aromatic carbocycles. The quantitative estimate of drug-likeness (QED) is 0.305. The van der Waals surface area contributed by atoms with Crippen molar-refractivity contribution in [1.82, 2.24) is 0 Å². The summed E-state index contributed by atoms with van der Waals surface area (Å²) in [5.41, 5.74) is 0. The number of aliphatic hydroxyl groups excluding tert-OH is 4. The van der Waals surface area contributed by atoms with Gasteiger partial charge in [0, 0.05) is 0 Å². The van der Waals surface area contributed by atoms with Gasteiger partial charge in [-0.25, -0.2) is 0 Å². The Morgan fingerprint density at radius 2 is 1.75 bits per heavy atom. The van der Waals surface area contributed by atoms with E-state index in [0.717, 1.165) is 0 Å². The molecule has 5 atom stereocenters. The molecule has 1 aliphatic rings. The van der Waals surface area contributed by atoms with Crippen LogP contribution in [0.1, 0.15) is 0 Å². The largest absolute Gasteiger partial charge is 0.394 e. The van der Waals surface area contributed by atoms with Gasteiger partial charge >= 0.3 is 0 Å². The number of aliphatic hydroxyl groups is 4. The zero-order chi connectivity index (χ0) is 9.30. The van der Waals surface area contributed by atoms with Crippen LogP contribution in [0, 0.1) is 0 Å². The first-order valence-electron chi connectivity index (χ1n) is 3.56. The average molecular weight is 196 g/mol. The van der Waals surface area contributed by atoms with Gasteiger partial charge in [-0.1, -0.05) is 0 Å². The van der Waals surface area contributed by atoms with E-state index >= 15 is 0 Å². The molecule has 1 saturated heterocycles. The Hall–Kier alpha value is 0.150. The van der Waals surface area contributed by atoms with Gasteiger partial charge in [-0.3, -0.25) is 0 Å².